The molecule has 3 N–H and O–H groups in total. The van der Waals surface area contributed by atoms with Gasteiger partial charge in [-0.2, -0.15) is 0 Å². The number of Topliss-reactive ketones (excluding diaryl/α,β-unsaturated/α-hetero) is 1. The molecule has 7 nitrogen and oxygen atoms in total. The number of ketones is 1. The Labute approximate surface area is 170 Å². The Balaban J connectivity index is 2.06. The van der Waals surface area contributed by atoms with Crippen LogP contribution in [-0.4, -0.2) is 39.6 Å². The molecular formula is C22H18FN3O4. The SMILES string of the molecule is Cc1cccc(Cn2c3c(c4c(C(N)=O)cccc42)C(=O)CN=C3CC(=O)O)c1F. The lowest BCUT2D eigenvalue weighted by atomic mass is 9.96. The van der Waals surface area contributed by atoms with Crippen molar-refractivity contribution in [3.8, 4) is 0 Å². The van der Waals surface area contributed by atoms with E-state index in [-0.39, 0.29) is 35.7 Å². The van der Waals surface area contributed by atoms with E-state index in [0.29, 0.717) is 27.7 Å². The van der Waals surface area contributed by atoms with Crippen molar-refractivity contribution in [2.75, 3.05) is 6.54 Å². The second-order valence-electron chi connectivity index (χ2n) is 7.18. The third kappa shape index (κ3) is 3.06. The summed E-state index contributed by atoms with van der Waals surface area (Å²) in [7, 11) is 0. The summed E-state index contributed by atoms with van der Waals surface area (Å²) in [6.45, 7) is 1.46. The van der Waals surface area contributed by atoms with Crippen molar-refractivity contribution in [2.24, 2.45) is 10.7 Å². The molecule has 0 radical (unpaired) electrons. The van der Waals surface area contributed by atoms with Gasteiger partial charge in [0.25, 0.3) is 0 Å². The third-order valence-corrected chi connectivity index (χ3v) is 5.24. The van der Waals surface area contributed by atoms with Crippen molar-refractivity contribution in [1.82, 2.24) is 4.57 Å². The minimum Gasteiger partial charge on any atom is -0.481 e. The van der Waals surface area contributed by atoms with Gasteiger partial charge in [-0.15, -0.1) is 0 Å². The van der Waals surface area contributed by atoms with Crippen molar-refractivity contribution < 1.29 is 23.9 Å². The summed E-state index contributed by atoms with van der Waals surface area (Å²) in [6, 6.07) is 9.82. The number of primary amides is 1. The molecule has 0 atom stereocenters. The molecule has 152 valence electrons. The van der Waals surface area contributed by atoms with E-state index >= 15 is 0 Å². The van der Waals surface area contributed by atoms with E-state index < -0.39 is 24.1 Å². The average Bonchev–Trinajstić information content (AvgIpc) is 3.03. The number of hydrogen-bond donors (Lipinski definition) is 2. The van der Waals surface area contributed by atoms with Crippen LogP contribution in [-0.2, 0) is 11.3 Å². The number of halogens is 1. The van der Waals surface area contributed by atoms with Crippen molar-refractivity contribution in [3.63, 3.8) is 0 Å². The van der Waals surface area contributed by atoms with Crippen molar-refractivity contribution in [2.45, 2.75) is 19.9 Å². The molecule has 1 aliphatic heterocycles. The predicted molar refractivity (Wildman–Crippen MR) is 109 cm³/mol. The Kier molecular flexibility index (Phi) is 4.69. The topological polar surface area (TPSA) is 115 Å². The highest BCUT2D eigenvalue weighted by Crippen LogP contribution is 2.34. The van der Waals surface area contributed by atoms with Crippen LogP contribution in [0, 0.1) is 12.7 Å². The number of rotatable bonds is 5. The quantitative estimate of drug-likeness (QED) is 0.677. The third-order valence-electron chi connectivity index (χ3n) is 5.24. The van der Waals surface area contributed by atoms with E-state index in [4.69, 9.17) is 5.73 Å². The number of hydrogen-bond acceptors (Lipinski definition) is 4. The molecule has 2 aromatic carbocycles. The summed E-state index contributed by atoms with van der Waals surface area (Å²) in [5, 5.41) is 9.67. The van der Waals surface area contributed by atoms with Gasteiger partial charge in [0.2, 0.25) is 5.91 Å². The van der Waals surface area contributed by atoms with E-state index in [1.165, 1.54) is 6.07 Å². The molecule has 0 fully saturated rings. The zero-order valence-corrected chi connectivity index (χ0v) is 16.1. The smallest absolute Gasteiger partial charge is 0.309 e. The monoisotopic (exact) mass is 407 g/mol. The van der Waals surface area contributed by atoms with Crippen LogP contribution in [0.5, 0.6) is 0 Å². The van der Waals surface area contributed by atoms with Gasteiger partial charge in [0.1, 0.15) is 12.4 Å². The lowest BCUT2D eigenvalue weighted by Crippen LogP contribution is -2.24. The summed E-state index contributed by atoms with van der Waals surface area (Å²) < 4.78 is 16.4. The highest BCUT2D eigenvalue weighted by atomic mass is 19.1. The van der Waals surface area contributed by atoms with Gasteiger partial charge < -0.3 is 15.4 Å². The summed E-state index contributed by atoms with van der Waals surface area (Å²) >= 11 is 0. The minimum absolute atomic E-state index is 0.0352. The molecule has 4 rings (SSSR count). The molecule has 0 bridgehead atoms. The first-order chi connectivity index (χ1) is 14.3. The van der Waals surface area contributed by atoms with Crippen LogP contribution < -0.4 is 5.73 Å². The predicted octanol–water partition coefficient (Wildman–Crippen LogP) is 2.70. The summed E-state index contributed by atoms with van der Waals surface area (Å²) in [4.78, 5) is 40.4. The molecule has 0 spiro atoms. The van der Waals surface area contributed by atoms with E-state index in [0.717, 1.165) is 0 Å². The maximum absolute atomic E-state index is 14.7. The van der Waals surface area contributed by atoms with Crippen molar-refractivity contribution in [1.29, 1.82) is 0 Å². The highest BCUT2D eigenvalue weighted by Gasteiger charge is 2.32. The number of nitrogens with zero attached hydrogens (tertiary/aromatic N) is 2. The average molecular weight is 407 g/mol. The largest absolute Gasteiger partial charge is 0.481 e. The summed E-state index contributed by atoms with van der Waals surface area (Å²) in [6.07, 6.45) is -0.404. The highest BCUT2D eigenvalue weighted by molar-refractivity contribution is 6.26. The molecule has 1 amide bonds. The standard InChI is InChI=1S/C22H18FN3O4/c1-11-4-2-5-12(20(11)23)10-26-15-7-3-6-13(22(24)30)18(15)19-16(27)9-25-14(21(19)26)8-17(28)29/h2-7H,8-10H2,1H3,(H2,24,30)(H,28,29). The van der Waals surface area contributed by atoms with Gasteiger partial charge in [0.15, 0.2) is 5.78 Å². The molecule has 0 aliphatic carbocycles. The number of aliphatic carboxylic acids is 1. The van der Waals surface area contributed by atoms with Crippen LogP contribution in [0.25, 0.3) is 10.9 Å². The first-order valence-electron chi connectivity index (χ1n) is 9.27. The van der Waals surface area contributed by atoms with Crippen molar-refractivity contribution in [3.05, 3.63) is 70.2 Å². The minimum atomic E-state index is -1.11. The maximum atomic E-state index is 14.7. The van der Waals surface area contributed by atoms with Crippen LogP contribution in [0.2, 0.25) is 0 Å². The number of carboxylic acids is 1. The molecule has 0 saturated carbocycles. The fourth-order valence-electron chi connectivity index (χ4n) is 3.95. The number of carbonyl (C=O) groups is 3. The van der Waals surface area contributed by atoms with Crippen LogP contribution in [0.15, 0.2) is 41.4 Å². The fourth-order valence-corrected chi connectivity index (χ4v) is 3.95. The van der Waals surface area contributed by atoms with E-state index in [9.17, 15) is 23.9 Å². The number of aryl methyl sites for hydroxylation is 1. The summed E-state index contributed by atoms with van der Waals surface area (Å²) in [5.41, 5.74) is 7.71. The Morgan fingerprint density at radius 1 is 1.23 bits per heavy atom. The zero-order valence-electron chi connectivity index (χ0n) is 16.1. The molecule has 8 heteroatoms. The van der Waals surface area contributed by atoms with Gasteiger partial charge in [-0.1, -0.05) is 24.3 Å². The fraction of sp³-hybridized carbons (Fsp3) is 0.182. The van der Waals surface area contributed by atoms with Gasteiger partial charge in [0.05, 0.1) is 35.5 Å². The number of carboxylic acid groups (broad SMARTS) is 1. The lowest BCUT2D eigenvalue weighted by molar-refractivity contribution is -0.135. The molecule has 3 aromatic rings. The molecule has 2 heterocycles. The van der Waals surface area contributed by atoms with Gasteiger partial charge in [-0.25, -0.2) is 4.39 Å². The molecule has 1 aliphatic rings. The number of carbonyl (C=O) groups excluding carboxylic acids is 2. The van der Waals surface area contributed by atoms with Gasteiger partial charge in [-0.05, 0) is 24.6 Å². The van der Waals surface area contributed by atoms with Gasteiger partial charge in [-0.3, -0.25) is 19.4 Å². The molecule has 0 saturated heterocycles. The maximum Gasteiger partial charge on any atom is 0.309 e. The second-order valence-corrected chi connectivity index (χ2v) is 7.18. The van der Waals surface area contributed by atoms with Crippen LogP contribution in [0.3, 0.4) is 0 Å². The van der Waals surface area contributed by atoms with Gasteiger partial charge >= 0.3 is 5.97 Å². The van der Waals surface area contributed by atoms with Crippen LogP contribution in [0.4, 0.5) is 4.39 Å². The van der Waals surface area contributed by atoms with Crippen LogP contribution >= 0.6 is 0 Å². The number of benzene rings is 2. The number of aliphatic imine (C=N–C) groups is 1. The van der Waals surface area contributed by atoms with Gasteiger partial charge in [0, 0.05) is 16.5 Å². The molecule has 0 unspecified atom stereocenters. The normalized spacial score (nSPS) is 13.3. The zero-order chi connectivity index (χ0) is 21.6. The lowest BCUT2D eigenvalue weighted by Gasteiger charge is -2.17. The van der Waals surface area contributed by atoms with E-state index in [2.05, 4.69) is 4.99 Å². The first kappa shape index (κ1) is 19.5. The Hall–Kier alpha value is -3.81. The Morgan fingerprint density at radius 3 is 2.67 bits per heavy atom. The van der Waals surface area contributed by atoms with E-state index in [1.807, 2.05) is 0 Å². The molecular weight excluding hydrogens is 389 g/mol. The first-order valence-corrected chi connectivity index (χ1v) is 9.27. The van der Waals surface area contributed by atoms with E-state index in [1.54, 1.807) is 41.8 Å². The number of amides is 1. The number of fused-ring (bicyclic) bond motifs is 3. The number of nitrogens with two attached hydrogens (primary N) is 1. The molecule has 30 heavy (non-hydrogen) atoms. The molecule has 1 aromatic heterocycles. The van der Waals surface area contributed by atoms with Crippen LogP contribution in [0.1, 0.15) is 44.0 Å². The Morgan fingerprint density at radius 2 is 1.97 bits per heavy atom. The Bertz CT molecular complexity index is 1270. The second kappa shape index (κ2) is 7.22. The summed E-state index contributed by atoms with van der Waals surface area (Å²) in [5.74, 6) is -2.56. The van der Waals surface area contributed by atoms with Crippen molar-refractivity contribution >= 4 is 34.3 Å². The number of aromatic nitrogens is 1.